The van der Waals surface area contributed by atoms with Crippen molar-refractivity contribution in [3.05, 3.63) is 53.6 Å². The summed E-state index contributed by atoms with van der Waals surface area (Å²) < 4.78 is 31.7. The van der Waals surface area contributed by atoms with Crippen molar-refractivity contribution in [2.75, 3.05) is 17.7 Å². The Balaban J connectivity index is 2.17. The Morgan fingerprint density at radius 2 is 2.00 bits per heavy atom. The van der Waals surface area contributed by atoms with Gasteiger partial charge in [-0.1, -0.05) is 0 Å². The summed E-state index contributed by atoms with van der Waals surface area (Å²) in [5.74, 6) is -1.55. The maximum atomic E-state index is 13.7. The lowest BCUT2D eigenvalue weighted by Crippen LogP contribution is -2.14. The quantitative estimate of drug-likeness (QED) is 0.851. The lowest BCUT2D eigenvalue weighted by atomic mass is 10.1. The second kappa shape index (κ2) is 6.21. The van der Waals surface area contributed by atoms with Crippen molar-refractivity contribution < 1.29 is 18.3 Å². The molecule has 0 spiro atoms. The van der Waals surface area contributed by atoms with E-state index in [2.05, 4.69) is 5.32 Å². The van der Waals surface area contributed by atoms with Crippen molar-refractivity contribution >= 4 is 17.3 Å². The minimum absolute atomic E-state index is 0.0129. The van der Waals surface area contributed by atoms with Crippen LogP contribution in [0.5, 0.6) is 5.75 Å². The highest BCUT2D eigenvalue weighted by Crippen LogP contribution is 2.22. The molecule has 0 aliphatic carbocycles. The van der Waals surface area contributed by atoms with E-state index in [1.54, 1.807) is 6.92 Å². The van der Waals surface area contributed by atoms with Gasteiger partial charge in [-0.2, -0.15) is 0 Å². The second-order valence-electron chi connectivity index (χ2n) is 4.26. The molecule has 0 unspecified atom stereocenters. The number of anilines is 2. The van der Waals surface area contributed by atoms with Crippen LogP contribution in [-0.2, 0) is 0 Å². The fraction of sp³-hybridized carbons (Fsp3) is 0.133. The zero-order chi connectivity index (χ0) is 15.4. The van der Waals surface area contributed by atoms with Crippen LogP contribution in [0.25, 0.3) is 0 Å². The van der Waals surface area contributed by atoms with E-state index in [9.17, 15) is 13.6 Å². The molecule has 110 valence electrons. The molecule has 0 saturated carbocycles. The number of rotatable bonds is 4. The van der Waals surface area contributed by atoms with Crippen LogP contribution >= 0.6 is 0 Å². The fourth-order valence-electron chi connectivity index (χ4n) is 1.79. The topological polar surface area (TPSA) is 64.3 Å². The second-order valence-corrected chi connectivity index (χ2v) is 4.26. The number of halogens is 2. The van der Waals surface area contributed by atoms with E-state index in [-0.39, 0.29) is 22.7 Å². The van der Waals surface area contributed by atoms with E-state index in [1.807, 2.05) is 0 Å². The normalized spacial score (nSPS) is 10.2. The van der Waals surface area contributed by atoms with Crippen molar-refractivity contribution in [2.45, 2.75) is 6.92 Å². The van der Waals surface area contributed by atoms with E-state index in [1.165, 1.54) is 18.2 Å². The lowest BCUT2D eigenvalue weighted by Gasteiger charge is -2.09. The number of benzene rings is 2. The summed E-state index contributed by atoms with van der Waals surface area (Å²) in [5, 5.41) is 2.49. The Morgan fingerprint density at radius 1 is 1.24 bits per heavy atom. The van der Waals surface area contributed by atoms with E-state index in [0.717, 1.165) is 18.2 Å². The number of hydrogen-bond donors (Lipinski definition) is 2. The smallest absolute Gasteiger partial charge is 0.257 e. The van der Waals surface area contributed by atoms with Gasteiger partial charge in [0.2, 0.25) is 0 Å². The van der Waals surface area contributed by atoms with Crippen LogP contribution in [0.15, 0.2) is 36.4 Å². The van der Waals surface area contributed by atoms with Gasteiger partial charge in [0.25, 0.3) is 5.91 Å². The lowest BCUT2D eigenvalue weighted by molar-refractivity contribution is 0.102. The molecule has 0 radical (unpaired) electrons. The minimum atomic E-state index is -0.582. The maximum absolute atomic E-state index is 13.7. The van der Waals surface area contributed by atoms with Crippen molar-refractivity contribution in [1.29, 1.82) is 0 Å². The highest BCUT2D eigenvalue weighted by molar-refractivity contribution is 6.07. The first-order valence-corrected chi connectivity index (χ1v) is 6.30. The number of amides is 1. The van der Waals surface area contributed by atoms with Gasteiger partial charge in [0, 0.05) is 17.4 Å². The number of ether oxygens (including phenoxy) is 1. The number of carbonyl (C=O) groups is 1. The molecule has 0 saturated heterocycles. The number of hydrogen-bond acceptors (Lipinski definition) is 3. The van der Waals surface area contributed by atoms with Gasteiger partial charge in [-0.3, -0.25) is 4.79 Å². The zero-order valence-electron chi connectivity index (χ0n) is 11.3. The fourth-order valence-corrected chi connectivity index (χ4v) is 1.79. The first-order valence-electron chi connectivity index (χ1n) is 6.30. The zero-order valence-corrected chi connectivity index (χ0v) is 11.3. The largest absolute Gasteiger partial charge is 0.491 e. The molecule has 0 bridgehead atoms. The molecule has 2 aromatic rings. The number of carbonyl (C=O) groups excluding carboxylic acids is 1. The third kappa shape index (κ3) is 3.47. The molecule has 0 heterocycles. The van der Waals surface area contributed by atoms with Crippen LogP contribution in [0, 0.1) is 11.6 Å². The summed E-state index contributed by atoms with van der Waals surface area (Å²) in [6.45, 7) is 2.08. The molecule has 3 N–H and O–H groups in total. The van der Waals surface area contributed by atoms with E-state index in [4.69, 9.17) is 10.5 Å². The molecular weight excluding hydrogens is 278 g/mol. The van der Waals surface area contributed by atoms with E-state index >= 15 is 0 Å². The third-order valence-corrected chi connectivity index (χ3v) is 2.75. The molecule has 0 aliphatic rings. The first-order chi connectivity index (χ1) is 10.0. The van der Waals surface area contributed by atoms with E-state index in [0.29, 0.717) is 6.61 Å². The van der Waals surface area contributed by atoms with Gasteiger partial charge in [-0.15, -0.1) is 0 Å². The summed E-state index contributed by atoms with van der Waals surface area (Å²) in [4.78, 5) is 12.0. The molecule has 4 nitrogen and oxygen atoms in total. The van der Waals surface area contributed by atoms with Gasteiger partial charge in [-0.05, 0) is 37.3 Å². The highest BCUT2D eigenvalue weighted by Gasteiger charge is 2.12. The standard InChI is InChI=1S/C15H14F2N2O2/c1-2-21-14-6-4-10(8-12(14)17)19-15(20)11-5-3-9(16)7-13(11)18/h3-8H,2,18H2,1H3,(H,19,20). The van der Waals surface area contributed by atoms with Crippen LogP contribution in [0.1, 0.15) is 17.3 Å². The van der Waals surface area contributed by atoms with Crippen LogP contribution in [0.4, 0.5) is 20.2 Å². The Hall–Kier alpha value is -2.63. The highest BCUT2D eigenvalue weighted by atomic mass is 19.1. The van der Waals surface area contributed by atoms with Crippen molar-refractivity contribution in [3.8, 4) is 5.75 Å². The average Bonchev–Trinajstić information content (AvgIpc) is 2.41. The van der Waals surface area contributed by atoms with Gasteiger partial charge in [-0.25, -0.2) is 8.78 Å². The molecule has 0 aliphatic heterocycles. The van der Waals surface area contributed by atoms with Crippen LogP contribution in [0.3, 0.4) is 0 Å². The Bertz CT molecular complexity index is 675. The molecule has 21 heavy (non-hydrogen) atoms. The third-order valence-electron chi connectivity index (χ3n) is 2.75. The van der Waals surface area contributed by atoms with Gasteiger partial charge in [0.15, 0.2) is 11.6 Å². The SMILES string of the molecule is CCOc1ccc(NC(=O)c2ccc(F)cc2N)cc1F. The monoisotopic (exact) mass is 292 g/mol. The Labute approximate surface area is 120 Å². The number of nitrogens with one attached hydrogen (secondary N) is 1. The Kier molecular flexibility index (Phi) is 4.37. The maximum Gasteiger partial charge on any atom is 0.257 e. The molecule has 2 aromatic carbocycles. The number of nitrogens with two attached hydrogens (primary N) is 1. The van der Waals surface area contributed by atoms with Crippen molar-refractivity contribution in [2.24, 2.45) is 0 Å². The molecule has 0 fully saturated rings. The Morgan fingerprint density at radius 3 is 2.62 bits per heavy atom. The molecule has 6 heteroatoms. The first kappa shape index (κ1) is 14.8. The van der Waals surface area contributed by atoms with Crippen LogP contribution < -0.4 is 15.8 Å². The molecule has 0 atom stereocenters. The van der Waals surface area contributed by atoms with Crippen molar-refractivity contribution in [3.63, 3.8) is 0 Å². The molecule has 1 amide bonds. The van der Waals surface area contributed by atoms with Gasteiger partial charge in [0.1, 0.15) is 5.82 Å². The predicted molar refractivity (Wildman–Crippen MR) is 76.3 cm³/mol. The molecule has 2 rings (SSSR count). The summed E-state index contributed by atoms with van der Waals surface area (Å²) in [6.07, 6.45) is 0. The van der Waals surface area contributed by atoms with Gasteiger partial charge < -0.3 is 15.8 Å². The van der Waals surface area contributed by atoms with Crippen LogP contribution in [0.2, 0.25) is 0 Å². The predicted octanol–water partition coefficient (Wildman–Crippen LogP) is 3.20. The van der Waals surface area contributed by atoms with Gasteiger partial charge >= 0.3 is 0 Å². The average molecular weight is 292 g/mol. The number of nitrogen functional groups attached to an aromatic ring is 1. The van der Waals surface area contributed by atoms with Crippen molar-refractivity contribution in [1.82, 2.24) is 0 Å². The molecular formula is C15H14F2N2O2. The van der Waals surface area contributed by atoms with Crippen LogP contribution in [-0.4, -0.2) is 12.5 Å². The minimum Gasteiger partial charge on any atom is -0.491 e. The summed E-state index contributed by atoms with van der Waals surface area (Å²) >= 11 is 0. The summed E-state index contributed by atoms with van der Waals surface area (Å²) in [5.41, 5.74) is 5.96. The van der Waals surface area contributed by atoms with Gasteiger partial charge in [0.05, 0.1) is 12.2 Å². The van der Waals surface area contributed by atoms with E-state index < -0.39 is 17.5 Å². The summed E-state index contributed by atoms with van der Waals surface area (Å²) in [6, 6.07) is 7.51. The molecule has 0 aromatic heterocycles. The summed E-state index contributed by atoms with van der Waals surface area (Å²) in [7, 11) is 0.